The Morgan fingerprint density at radius 1 is 0.821 bits per heavy atom. The van der Waals surface area contributed by atoms with Crippen molar-refractivity contribution in [1.82, 2.24) is 4.98 Å². The van der Waals surface area contributed by atoms with Crippen molar-refractivity contribution in [2.24, 2.45) is 0 Å². The molecule has 1 heterocycles. The Bertz CT molecular complexity index is 1600. The second-order valence-electron chi connectivity index (χ2n) is 8.47. The Kier molecular flexibility index (Phi) is 8.32. The Morgan fingerprint density at radius 2 is 1.49 bits per heavy atom. The zero-order valence-electron chi connectivity index (χ0n) is 20.5. The number of carboxylic acid groups (broad SMARTS) is 1. The minimum Gasteiger partial charge on any atom is -0.481 e. The molecule has 0 saturated heterocycles. The van der Waals surface area contributed by atoms with E-state index in [1.54, 1.807) is 30.3 Å². The highest BCUT2D eigenvalue weighted by Crippen LogP contribution is 2.32. The van der Waals surface area contributed by atoms with Crippen LogP contribution in [0.5, 0.6) is 0 Å². The van der Waals surface area contributed by atoms with E-state index < -0.39 is 33.4 Å². The molecule has 0 spiro atoms. The summed E-state index contributed by atoms with van der Waals surface area (Å²) in [5.41, 5.74) is 1.98. The normalized spacial score (nSPS) is 11.7. The van der Waals surface area contributed by atoms with E-state index in [0.29, 0.717) is 5.69 Å². The lowest BCUT2D eigenvalue weighted by Crippen LogP contribution is -2.21. The Hall–Kier alpha value is -5.03. The summed E-state index contributed by atoms with van der Waals surface area (Å²) < 4.78 is 26.8. The quantitative estimate of drug-likeness (QED) is 0.149. The van der Waals surface area contributed by atoms with Crippen molar-refractivity contribution in [3.8, 4) is 0 Å². The van der Waals surface area contributed by atoms with Crippen LogP contribution in [0.1, 0.15) is 27.6 Å². The highest BCUT2D eigenvalue weighted by molar-refractivity contribution is 7.91. The van der Waals surface area contributed by atoms with E-state index in [-0.39, 0.29) is 27.7 Å². The molecule has 0 radical (unpaired) electrons. The van der Waals surface area contributed by atoms with Gasteiger partial charge in [0.2, 0.25) is 0 Å². The molecule has 10 nitrogen and oxygen atoms in total. The smallest absolute Gasteiger partial charge is 0.305 e. The summed E-state index contributed by atoms with van der Waals surface area (Å²) in [5, 5.41) is 24.6. The topological polar surface area (TPSA) is 161 Å². The number of rotatable bonds is 9. The summed E-state index contributed by atoms with van der Waals surface area (Å²) in [6.45, 7) is 0. The molecule has 0 saturated carbocycles. The molecular weight excluding hydrogens is 518 g/mol. The molecule has 0 aliphatic heterocycles. The number of aromatic nitrogens is 1. The molecule has 1 amide bonds. The number of amides is 1. The van der Waals surface area contributed by atoms with Gasteiger partial charge in [-0.1, -0.05) is 36.4 Å². The standard InChI is InChI=1S/C28H25N5O5S/c29-28(32-21-9-2-1-3-10-21)33-22-11-4-7-19(15-22)27(36)31-23-12-5-13-24(16-23)39(37,38)25(17-26(34)35)20-8-6-14-30-18-20/h1-16,18,25H,17H2,(H,31,36)(H,34,35)(H3,29,32,33). The van der Waals surface area contributed by atoms with Crippen LogP contribution in [0.3, 0.4) is 0 Å². The van der Waals surface area contributed by atoms with E-state index in [2.05, 4.69) is 20.9 Å². The second-order valence-corrected chi connectivity index (χ2v) is 10.6. The molecule has 1 atom stereocenters. The predicted octanol–water partition coefficient (Wildman–Crippen LogP) is 4.78. The minimum absolute atomic E-state index is 0.0150. The molecular formula is C28H25N5O5S. The fourth-order valence-electron chi connectivity index (χ4n) is 3.83. The molecule has 5 N–H and O–H groups in total. The Morgan fingerprint density at radius 3 is 2.18 bits per heavy atom. The summed E-state index contributed by atoms with van der Waals surface area (Å²) >= 11 is 0. The Balaban J connectivity index is 1.50. The number of pyridine rings is 1. The zero-order valence-corrected chi connectivity index (χ0v) is 21.4. The number of nitrogens with one attached hydrogen (secondary N) is 4. The fourth-order valence-corrected chi connectivity index (χ4v) is 5.58. The zero-order chi connectivity index (χ0) is 27.8. The number of sulfone groups is 1. The van der Waals surface area contributed by atoms with E-state index in [1.165, 1.54) is 42.7 Å². The van der Waals surface area contributed by atoms with Crippen LogP contribution in [0.4, 0.5) is 17.1 Å². The summed E-state index contributed by atoms with van der Waals surface area (Å²) in [4.78, 5) is 28.2. The SMILES string of the molecule is N=C(Nc1ccccc1)Nc1cccc(C(=O)Nc2cccc(S(=O)(=O)C(CC(=O)O)c3cccnc3)c2)c1. The molecule has 4 aromatic rings. The van der Waals surface area contributed by atoms with Crippen LogP contribution >= 0.6 is 0 Å². The third-order valence-corrected chi connectivity index (χ3v) is 7.75. The maximum atomic E-state index is 13.4. The van der Waals surface area contributed by atoms with Crippen LogP contribution in [-0.2, 0) is 14.6 Å². The molecule has 1 aromatic heterocycles. The van der Waals surface area contributed by atoms with Crippen LogP contribution in [0.25, 0.3) is 0 Å². The first kappa shape index (κ1) is 27.0. The van der Waals surface area contributed by atoms with Gasteiger partial charge in [-0.25, -0.2) is 8.42 Å². The number of nitrogens with zero attached hydrogens (tertiary/aromatic N) is 1. The highest BCUT2D eigenvalue weighted by atomic mass is 32.2. The van der Waals surface area contributed by atoms with Gasteiger partial charge in [0.1, 0.15) is 5.25 Å². The summed E-state index contributed by atoms with van der Waals surface area (Å²) in [6.07, 6.45) is 2.16. The molecule has 198 valence electrons. The van der Waals surface area contributed by atoms with Gasteiger partial charge in [0.05, 0.1) is 11.3 Å². The number of hydrogen-bond donors (Lipinski definition) is 5. The summed E-state index contributed by atoms with van der Waals surface area (Å²) in [7, 11) is -4.13. The van der Waals surface area contributed by atoms with Crippen LogP contribution < -0.4 is 16.0 Å². The average Bonchev–Trinajstić information content (AvgIpc) is 2.93. The van der Waals surface area contributed by atoms with Gasteiger partial charge in [-0.05, 0) is 60.2 Å². The first-order chi connectivity index (χ1) is 18.7. The molecule has 0 bridgehead atoms. The number of carbonyl (C=O) groups is 2. The molecule has 39 heavy (non-hydrogen) atoms. The van der Waals surface area contributed by atoms with Crippen LogP contribution in [0.2, 0.25) is 0 Å². The van der Waals surface area contributed by atoms with Gasteiger partial charge in [0, 0.05) is 35.0 Å². The van der Waals surface area contributed by atoms with E-state index in [9.17, 15) is 23.1 Å². The van der Waals surface area contributed by atoms with Crippen LogP contribution in [0, 0.1) is 5.41 Å². The van der Waals surface area contributed by atoms with Crippen molar-refractivity contribution in [3.63, 3.8) is 0 Å². The number of guanidine groups is 1. The van der Waals surface area contributed by atoms with Crippen molar-refractivity contribution < 1.29 is 23.1 Å². The number of hydrogen-bond acceptors (Lipinski definition) is 6. The van der Waals surface area contributed by atoms with Gasteiger partial charge < -0.3 is 21.1 Å². The molecule has 1 unspecified atom stereocenters. The van der Waals surface area contributed by atoms with Crippen LogP contribution in [0.15, 0.2) is 108 Å². The number of carboxylic acids is 1. The third-order valence-electron chi connectivity index (χ3n) is 5.65. The first-order valence-corrected chi connectivity index (χ1v) is 13.3. The van der Waals surface area contributed by atoms with E-state index in [0.717, 1.165) is 5.69 Å². The third kappa shape index (κ3) is 7.05. The van der Waals surface area contributed by atoms with Gasteiger partial charge in [-0.2, -0.15) is 0 Å². The number of para-hydroxylation sites is 1. The lowest BCUT2D eigenvalue weighted by Gasteiger charge is -2.17. The highest BCUT2D eigenvalue weighted by Gasteiger charge is 2.31. The van der Waals surface area contributed by atoms with E-state index in [1.807, 2.05) is 30.3 Å². The fraction of sp³-hybridized carbons (Fsp3) is 0.0714. The van der Waals surface area contributed by atoms with Gasteiger partial charge in [-0.3, -0.25) is 20.0 Å². The second kappa shape index (κ2) is 12.0. The first-order valence-electron chi connectivity index (χ1n) is 11.8. The molecule has 0 fully saturated rings. The van der Waals surface area contributed by atoms with E-state index in [4.69, 9.17) is 5.41 Å². The largest absolute Gasteiger partial charge is 0.481 e. The van der Waals surface area contributed by atoms with Crippen molar-refractivity contribution in [2.45, 2.75) is 16.6 Å². The van der Waals surface area contributed by atoms with E-state index >= 15 is 0 Å². The minimum atomic E-state index is -4.13. The lowest BCUT2D eigenvalue weighted by atomic mass is 10.1. The number of aliphatic carboxylic acids is 1. The van der Waals surface area contributed by atoms with Gasteiger partial charge in [-0.15, -0.1) is 0 Å². The molecule has 0 aliphatic rings. The van der Waals surface area contributed by atoms with Gasteiger partial charge >= 0.3 is 5.97 Å². The van der Waals surface area contributed by atoms with Gasteiger partial charge in [0.15, 0.2) is 15.8 Å². The molecule has 3 aromatic carbocycles. The van der Waals surface area contributed by atoms with Crippen molar-refractivity contribution in [2.75, 3.05) is 16.0 Å². The lowest BCUT2D eigenvalue weighted by molar-refractivity contribution is -0.137. The Labute approximate surface area is 225 Å². The molecule has 4 rings (SSSR count). The summed E-state index contributed by atoms with van der Waals surface area (Å²) in [6, 6.07) is 24.4. The maximum absolute atomic E-state index is 13.4. The predicted molar refractivity (Wildman–Crippen MR) is 149 cm³/mol. The molecule has 0 aliphatic carbocycles. The monoisotopic (exact) mass is 543 g/mol. The average molecular weight is 544 g/mol. The molecule has 11 heteroatoms. The maximum Gasteiger partial charge on any atom is 0.305 e. The summed E-state index contributed by atoms with van der Waals surface area (Å²) in [5.74, 6) is -1.75. The van der Waals surface area contributed by atoms with Crippen molar-refractivity contribution >= 4 is 44.7 Å². The van der Waals surface area contributed by atoms with Crippen molar-refractivity contribution in [3.05, 3.63) is 115 Å². The van der Waals surface area contributed by atoms with Crippen LogP contribution in [-0.4, -0.2) is 36.3 Å². The van der Waals surface area contributed by atoms with Gasteiger partial charge in [0.25, 0.3) is 5.91 Å². The number of benzene rings is 3. The van der Waals surface area contributed by atoms with Crippen molar-refractivity contribution in [1.29, 1.82) is 5.41 Å². The number of anilines is 3. The number of carbonyl (C=O) groups excluding carboxylic acids is 1.